The van der Waals surface area contributed by atoms with Gasteiger partial charge in [0.2, 0.25) is 0 Å². The monoisotopic (exact) mass is 591 g/mol. The van der Waals surface area contributed by atoms with Crippen LogP contribution in [0.4, 0.5) is 0 Å². The molecule has 0 saturated heterocycles. The van der Waals surface area contributed by atoms with Crippen LogP contribution in [-0.4, -0.2) is 4.57 Å². The van der Waals surface area contributed by atoms with E-state index < -0.39 is 0 Å². The van der Waals surface area contributed by atoms with Crippen LogP contribution in [-0.2, 0) is 0 Å². The lowest BCUT2D eigenvalue weighted by molar-refractivity contribution is 0.670. The fraction of sp³-hybridized carbons (Fsp3) is 0. The van der Waals surface area contributed by atoms with Crippen LogP contribution in [0.15, 0.2) is 156 Å². The van der Waals surface area contributed by atoms with Crippen molar-refractivity contribution in [3.05, 3.63) is 152 Å². The van der Waals surface area contributed by atoms with Crippen LogP contribution in [0.25, 0.3) is 91.9 Å². The van der Waals surface area contributed by atoms with Gasteiger partial charge in [-0.25, -0.2) is 0 Å². The summed E-state index contributed by atoms with van der Waals surface area (Å²) in [5.74, 6) is 0. The quantitative estimate of drug-likeness (QED) is 0.200. The molecule has 0 unspecified atom stereocenters. The molecule has 0 atom stereocenters. The largest absolute Gasteiger partial charge is 0.455 e. The van der Waals surface area contributed by atoms with Crippen LogP contribution < -0.4 is 0 Å². The van der Waals surface area contributed by atoms with E-state index in [1.54, 1.807) is 0 Å². The molecule has 10 rings (SSSR count). The third kappa shape index (κ3) is 3.62. The van der Waals surface area contributed by atoms with Gasteiger partial charge in [0.05, 0.1) is 11.0 Å². The van der Waals surface area contributed by atoms with Crippen LogP contribution in [0.3, 0.4) is 0 Å². The van der Waals surface area contributed by atoms with Crippen molar-refractivity contribution in [1.82, 2.24) is 4.57 Å². The number of hydrogen-bond donors (Lipinski definition) is 0. The van der Waals surface area contributed by atoms with Crippen molar-refractivity contribution >= 4 is 75.3 Å². The van der Waals surface area contributed by atoms with E-state index in [9.17, 15) is 0 Å². The number of aromatic nitrogens is 1. The molecule has 0 saturated carbocycles. The fourth-order valence-electron chi connectivity index (χ4n) is 7.16. The molecule has 210 valence electrons. The molecular formula is C42H25NOS. The lowest BCUT2D eigenvalue weighted by Crippen LogP contribution is -1.93. The molecule has 10 aromatic rings. The second-order valence-electron chi connectivity index (χ2n) is 11.7. The first-order chi connectivity index (χ1) is 22.3. The van der Waals surface area contributed by atoms with Crippen LogP contribution >= 0.6 is 11.3 Å². The smallest absolute Gasteiger partial charge is 0.143 e. The Morgan fingerprint density at radius 2 is 1.16 bits per heavy atom. The minimum Gasteiger partial charge on any atom is -0.455 e. The summed E-state index contributed by atoms with van der Waals surface area (Å²) in [7, 11) is 0. The van der Waals surface area contributed by atoms with Crippen molar-refractivity contribution in [3.63, 3.8) is 0 Å². The summed E-state index contributed by atoms with van der Waals surface area (Å²) in [6.45, 7) is 0. The second kappa shape index (κ2) is 9.43. The van der Waals surface area contributed by atoms with Crippen molar-refractivity contribution in [3.8, 4) is 27.9 Å². The molecule has 0 spiro atoms. The Labute approximate surface area is 263 Å². The van der Waals surface area contributed by atoms with Crippen LogP contribution in [0.1, 0.15) is 0 Å². The highest BCUT2D eigenvalue weighted by atomic mass is 32.1. The number of rotatable bonds is 3. The van der Waals surface area contributed by atoms with E-state index in [1.165, 1.54) is 64.4 Å². The Morgan fingerprint density at radius 3 is 2.07 bits per heavy atom. The molecule has 45 heavy (non-hydrogen) atoms. The molecule has 3 heteroatoms. The van der Waals surface area contributed by atoms with Gasteiger partial charge in [0.15, 0.2) is 0 Å². The zero-order chi connectivity index (χ0) is 29.5. The molecule has 2 nitrogen and oxygen atoms in total. The summed E-state index contributed by atoms with van der Waals surface area (Å²) < 4.78 is 11.4. The van der Waals surface area contributed by atoms with Gasteiger partial charge < -0.3 is 8.98 Å². The van der Waals surface area contributed by atoms with Gasteiger partial charge in [-0.3, -0.25) is 0 Å². The molecule has 0 fully saturated rings. The standard InChI is InChI=1S/C42H25NOS/c1-2-10-26(11-3-1)27-20-22-30-29-12-4-6-18-37(29)43(38(30)24-27)28-21-23-32-35-16-9-17-36(42(35)45-40(32)25-28)34-15-8-14-33-31-13-5-7-19-39(31)44-41(33)34/h1-25H. The lowest BCUT2D eigenvalue weighted by Gasteiger charge is -2.09. The van der Waals surface area contributed by atoms with Gasteiger partial charge in [0.1, 0.15) is 11.2 Å². The first-order valence-electron chi connectivity index (χ1n) is 15.3. The molecule has 0 radical (unpaired) electrons. The van der Waals surface area contributed by atoms with E-state index in [0.717, 1.165) is 27.5 Å². The van der Waals surface area contributed by atoms with Crippen LogP contribution in [0, 0.1) is 0 Å². The number of nitrogens with zero attached hydrogens (tertiary/aromatic N) is 1. The third-order valence-corrected chi connectivity index (χ3v) is 10.4. The van der Waals surface area contributed by atoms with Crippen molar-refractivity contribution in [1.29, 1.82) is 0 Å². The summed E-state index contributed by atoms with van der Waals surface area (Å²) in [5.41, 5.74) is 10.3. The molecular weight excluding hydrogens is 567 g/mol. The Kier molecular flexibility index (Phi) is 5.19. The van der Waals surface area contributed by atoms with Gasteiger partial charge >= 0.3 is 0 Å². The van der Waals surface area contributed by atoms with Gasteiger partial charge in [0.25, 0.3) is 0 Å². The molecule has 0 amide bonds. The van der Waals surface area contributed by atoms with E-state index in [1.807, 2.05) is 17.4 Å². The van der Waals surface area contributed by atoms with E-state index >= 15 is 0 Å². The Bertz CT molecular complexity index is 2760. The first kappa shape index (κ1) is 24.8. The number of benzene rings is 7. The number of furan rings is 1. The van der Waals surface area contributed by atoms with Crippen molar-refractivity contribution < 1.29 is 4.42 Å². The maximum absolute atomic E-state index is 6.45. The van der Waals surface area contributed by atoms with Gasteiger partial charge in [-0.05, 0) is 41.5 Å². The summed E-state index contributed by atoms with van der Waals surface area (Å²) >= 11 is 1.87. The lowest BCUT2D eigenvalue weighted by atomic mass is 10.0. The summed E-state index contributed by atoms with van der Waals surface area (Å²) in [6, 6.07) is 54.7. The van der Waals surface area contributed by atoms with E-state index in [0.29, 0.717) is 0 Å². The van der Waals surface area contributed by atoms with Crippen molar-refractivity contribution in [2.24, 2.45) is 0 Å². The highest BCUT2D eigenvalue weighted by molar-refractivity contribution is 7.26. The van der Waals surface area contributed by atoms with Crippen LogP contribution in [0.2, 0.25) is 0 Å². The Hall–Kier alpha value is -5.64. The van der Waals surface area contributed by atoms with E-state index in [-0.39, 0.29) is 0 Å². The maximum Gasteiger partial charge on any atom is 0.143 e. The number of hydrogen-bond acceptors (Lipinski definition) is 2. The van der Waals surface area contributed by atoms with Gasteiger partial charge in [-0.1, -0.05) is 121 Å². The minimum absolute atomic E-state index is 0.926. The highest BCUT2D eigenvalue weighted by Crippen LogP contribution is 2.44. The first-order valence-corrected chi connectivity index (χ1v) is 16.1. The molecule has 0 aliphatic rings. The van der Waals surface area contributed by atoms with Crippen molar-refractivity contribution in [2.75, 3.05) is 0 Å². The predicted molar refractivity (Wildman–Crippen MR) is 192 cm³/mol. The number of thiophene rings is 1. The topological polar surface area (TPSA) is 18.1 Å². The molecule has 3 aromatic heterocycles. The summed E-state index contributed by atoms with van der Waals surface area (Å²) in [4.78, 5) is 0. The molecule has 0 bridgehead atoms. The summed E-state index contributed by atoms with van der Waals surface area (Å²) in [5, 5.41) is 7.41. The third-order valence-electron chi connectivity index (χ3n) is 9.22. The normalized spacial score (nSPS) is 12.0. The van der Waals surface area contributed by atoms with E-state index in [4.69, 9.17) is 4.42 Å². The van der Waals surface area contributed by atoms with E-state index in [2.05, 4.69) is 150 Å². The highest BCUT2D eigenvalue weighted by Gasteiger charge is 2.18. The Balaban J connectivity index is 1.20. The second-order valence-corrected chi connectivity index (χ2v) is 12.7. The van der Waals surface area contributed by atoms with Gasteiger partial charge in [-0.15, -0.1) is 11.3 Å². The number of para-hydroxylation sites is 3. The molecule has 0 aliphatic carbocycles. The fourth-order valence-corrected chi connectivity index (χ4v) is 8.42. The predicted octanol–water partition coefficient (Wildman–Crippen LogP) is 12.4. The SMILES string of the molecule is c1ccc(-c2ccc3c4ccccc4n(-c4ccc5c(c4)sc4c(-c6cccc7c6oc6ccccc67)cccc45)c3c2)cc1. The zero-order valence-corrected chi connectivity index (χ0v) is 25.0. The average Bonchev–Trinajstić information content (AvgIpc) is 3.77. The van der Waals surface area contributed by atoms with Crippen molar-refractivity contribution in [2.45, 2.75) is 0 Å². The average molecular weight is 592 g/mol. The Morgan fingerprint density at radius 1 is 0.444 bits per heavy atom. The molecule has 3 heterocycles. The molecule has 0 N–H and O–H groups in total. The molecule has 7 aromatic carbocycles. The zero-order valence-electron chi connectivity index (χ0n) is 24.2. The maximum atomic E-state index is 6.45. The van der Waals surface area contributed by atoms with Gasteiger partial charge in [0, 0.05) is 58.5 Å². The van der Waals surface area contributed by atoms with Gasteiger partial charge in [-0.2, -0.15) is 0 Å². The molecule has 0 aliphatic heterocycles. The minimum atomic E-state index is 0.926. The number of fused-ring (bicyclic) bond motifs is 9. The van der Waals surface area contributed by atoms with Crippen LogP contribution in [0.5, 0.6) is 0 Å². The summed E-state index contributed by atoms with van der Waals surface area (Å²) in [6.07, 6.45) is 0.